The number of hydrogen-bond acceptors (Lipinski definition) is 1. The fraction of sp³-hybridized carbons (Fsp3) is 0.222. The van der Waals surface area contributed by atoms with Crippen LogP contribution in [0.25, 0.3) is 0 Å². The van der Waals surface area contributed by atoms with Gasteiger partial charge in [0.15, 0.2) is 0 Å². The number of rotatable bonds is 2. The number of benzene rings is 1. The van der Waals surface area contributed by atoms with E-state index < -0.39 is 5.38 Å². The Labute approximate surface area is 101 Å². The largest absolute Gasteiger partial charge is 0.358 e. The number of amides is 1. The summed E-state index contributed by atoms with van der Waals surface area (Å²) in [5, 5.41) is 2.19. The lowest BCUT2D eigenvalue weighted by molar-refractivity contribution is -0.120. The average Bonchev–Trinajstić information content (AvgIpc) is 2.19. The van der Waals surface area contributed by atoms with Gasteiger partial charge >= 0.3 is 0 Å². The Morgan fingerprint density at radius 3 is 2.79 bits per heavy atom. The minimum atomic E-state index is -0.759. The Morgan fingerprint density at radius 2 is 2.21 bits per heavy atom. The average molecular weight is 297 g/mol. The smallest absolute Gasteiger partial charge is 0.242 e. The molecule has 0 fully saturated rings. The minimum Gasteiger partial charge on any atom is -0.358 e. The SMILES string of the molecule is CNC(=O)C(Cl)c1cc(Br)ccc1Cl. The van der Waals surface area contributed by atoms with Gasteiger partial charge in [-0.2, -0.15) is 0 Å². The third-order valence-corrected chi connectivity index (χ3v) is 2.98. The summed E-state index contributed by atoms with van der Waals surface area (Å²) in [6.45, 7) is 0. The molecule has 14 heavy (non-hydrogen) atoms. The van der Waals surface area contributed by atoms with Gasteiger partial charge in [-0.05, 0) is 23.8 Å². The zero-order valence-corrected chi connectivity index (χ0v) is 10.4. The first kappa shape index (κ1) is 11.8. The maximum atomic E-state index is 11.3. The highest BCUT2D eigenvalue weighted by atomic mass is 79.9. The van der Waals surface area contributed by atoms with E-state index in [2.05, 4.69) is 21.2 Å². The van der Waals surface area contributed by atoms with Crippen molar-refractivity contribution in [1.82, 2.24) is 5.32 Å². The topological polar surface area (TPSA) is 29.1 Å². The summed E-state index contributed by atoms with van der Waals surface area (Å²) in [6, 6.07) is 5.22. The molecule has 76 valence electrons. The first-order chi connectivity index (χ1) is 6.56. The highest BCUT2D eigenvalue weighted by Gasteiger charge is 2.18. The highest BCUT2D eigenvalue weighted by Crippen LogP contribution is 2.30. The molecule has 1 rings (SSSR count). The number of nitrogens with one attached hydrogen (secondary N) is 1. The van der Waals surface area contributed by atoms with Gasteiger partial charge in [0, 0.05) is 16.5 Å². The van der Waals surface area contributed by atoms with Crippen molar-refractivity contribution in [2.24, 2.45) is 0 Å². The zero-order chi connectivity index (χ0) is 10.7. The van der Waals surface area contributed by atoms with E-state index in [9.17, 15) is 4.79 Å². The standard InChI is InChI=1S/C9H8BrCl2NO/c1-13-9(14)8(12)6-4-5(10)2-3-7(6)11/h2-4,8H,1H3,(H,13,14). The van der Waals surface area contributed by atoms with Crippen molar-refractivity contribution in [3.05, 3.63) is 33.3 Å². The van der Waals surface area contributed by atoms with Gasteiger partial charge in [-0.25, -0.2) is 0 Å². The van der Waals surface area contributed by atoms with Gasteiger partial charge < -0.3 is 5.32 Å². The quantitative estimate of drug-likeness (QED) is 0.835. The summed E-state index contributed by atoms with van der Waals surface area (Å²) in [7, 11) is 1.53. The third-order valence-electron chi connectivity index (χ3n) is 1.71. The molecule has 1 amide bonds. The van der Waals surface area contributed by atoms with Crippen LogP contribution in [0.5, 0.6) is 0 Å². The van der Waals surface area contributed by atoms with Crippen LogP contribution in [0, 0.1) is 0 Å². The summed E-state index contributed by atoms with van der Waals surface area (Å²) < 4.78 is 0.839. The van der Waals surface area contributed by atoms with Crippen molar-refractivity contribution in [2.75, 3.05) is 7.05 Å². The summed E-state index contributed by atoms with van der Waals surface area (Å²) in [5.41, 5.74) is 0.599. The molecular formula is C9H8BrCl2NO. The molecule has 1 atom stereocenters. The molecule has 0 aliphatic rings. The second kappa shape index (κ2) is 5.01. The van der Waals surface area contributed by atoms with Crippen molar-refractivity contribution < 1.29 is 4.79 Å². The van der Waals surface area contributed by atoms with Gasteiger partial charge in [0.25, 0.3) is 0 Å². The summed E-state index contributed by atoms with van der Waals surface area (Å²) in [5.74, 6) is -0.272. The number of halogens is 3. The Bertz CT molecular complexity index is 357. The van der Waals surface area contributed by atoms with E-state index in [1.807, 2.05) is 0 Å². The second-order valence-corrected chi connectivity index (χ2v) is 4.40. The molecule has 0 aromatic heterocycles. The van der Waals surface area contributed by atoms with Crippen LogP contribution in [0.1, 0.15) is 10.9 Å². The number of alkyl halides is 1. The monoisotopic (exact) mass is 295 g/mol. The van der Waals surface area contributed by atoms with Crippen LogP contribution in [-0.4, -0.2) is 13.0 Å². The van der Waals surface area contributed by atoms with E-state index in [4.69, 9.17) is 23.2 Å². The number of hydrogen-bond donors (Lipinski definition) is 1. The van der Waals surface area contributed by atoms with Crippen LogP contribution in [0.15, 0.2) is 22.7 Å². The molecule has 1 aromatic carbocycles. The predicted molar refractivity (Wildman–Crippen MR) is 61.8 cm³/mol. The lowest BCUT2D eigenvalue weighted by Crippen LogP contribution is -2.22. The molecule has 0 radical (unpaired) electrons. The molecule has 0 aliphatic heterocycles. The molecule has 0 heterocycles. The molecule has 0 spiro atoms. The maximum absolute atomic E-state index is 11.3. The molecule has 1 aromatic rings. The minimum absolute atomic E-state index is 0.272. The lowest BCUT2D eigenvalue weighted by atomic mass is 10.1. The van der Waals surface area contributed by atoms with E-state index in [1.54, 1.807) is 18.2 Å². The van der Waals surface area contributed by atoms with Crippen LogP contribution in [0.2, 0.25) is 5.02 Å². The molecule has 0 aliphatic carbocycles. The van der Waals surface area contributed by atoms with E-state index in [0.29, 0.717) is 10.6 Å². The molecule has 2 nitrogen and oxygen atoms in total. The third kappa shape index (κ3) is 2.62. The summed E-state index contributed by atoms with van der Waals surface area (Å²) >= 11 is 15.1. The summed E-state index contributed by atoms with van der Waals surface area (Å²) in [6.07, 6.45) is 0. The maximum Gasteiger partial charge on any atom is 0.242 e. The molecule has 1 unspecified atom stereocenters. The lowest BCUT2D eigenvalue weighted by Gasteiger charge is -2.10. The fourth-order valence-corrected chi connectivity index (χ4v) is 1.93. The van der Waals surface area contributed by atoms with Crippen LogP contribution >= 0.6 is 39.1 Å². The van der Waals surface area contributed by atoms with Crippen LogP contribution in [-0.2, 0) is 4.79 Å². The van der Waals surface area contributed by atoms with Crippen LogP contribution < -0.4 is 5.32 Å². The zero-order valence-electron chi connectivity index (χ0n) is 7.35. The Kier molecular flexibility index (Phi) is 4.23. The van der Waals surface area contributed by atoms with Crippen molar-refractivity contribution in [3.8, 4) is 0 Å². The van der Waals surface area contributed by atoms with Crippen molar-refractivity contribution in [1.29, 1.82) is 0 Å². The number of likely N-dealkylation sites (N-methyl/N-ethyl adjacent to an activating group) is 1. The molecule has 0 bridgehead atoms. The Hall–Kier alpha value is -0.250. The second-order valence-electron chi connectivity index (χ2n) is 2.64. The molecule has 1 N–H and O–H groups in total. The van der Waals surface area contributed by atoms with E-state index in [0.717, 1.165) is 4.47 Å². The Balaban J connectivity index is 3.05. The normalized spacial score (nSPS) is 12.3. The number of carbonyl (C=O) groups is 1. The molecule has 0 saturated heterocycles. The summed E-state index contributed by atoms with van der Waals surface area (Å²) in [4.78, 5) is 11.3. The number of carbonyl (C=O) groups excluding carboxylic acids is 1. The highest BCUT2D eigenvalue weighted by molar-refractivity contribution is 9.10. The first-order valence-corrected chi connectivity index (χ1v) is 5.47. The van der Waals surface area contributed by atoms with Gasteiger partial charge in [0.05, 0.1) is 0 Å². The van der Waals surface area contributed by atoms with E-state index in [-0.39, 0.29) is 5.91 Å². The van der Waals surface area contributed by atoms with Gasteiger partial charge in [0.2, 0.25) is 5.91 Å². The van der Waals surface area contributed by atoms with E-state index >= 15 is 0 Å². The van der Waals surface area contributed by atoms with Gasteiger partial charge in [-0.3, -0.25) is 4.79 Å². The molecule has 5 heteroatoms. The first-order valence-electron chi connectivity index (χ1n) is 3.87. The molecule has 0 saturated carbocycles. The predicted octanol–water partition coefficient (Wildman–Crippen LogP) is 3.13. The molecular weight excluding hydrogens is 289 g/mol. The van der Waals surface area contributed by atoms with Crippen molar-refractivity contribution in [2.45, 2.75) is 5.38 Å². The van der Waals surface area contributed by atoms with Crippen LogP contribution in [0.4, 0.5) is 0 Å². The van der Waals surface area contributed by atoms with Crippen LogP contribution in [0.3, 0.4) is 0 Å². The fourth-order valence-electron chi connectivity index (χ4n) is 0.977. The van der Waals surface area contributed by atoms with Gasteiger partial charge in [-0.1, -0.05) is 27.5 Å². The van der Waals surface area contributed by atoms with Gasteiger partial charge in [-0.15, -0.1) is 11.6 Å². The van der Waals surface area contributed by atoms with Crippen molar-refractivity contribution in [3.63, 3.8) is 0 Å². The Morgan fingerprint density at radius 1 is 1.57 bits per heavy atom. The van der Waals surface area contributed by atoms with Gasteiger partial charge in [0.1, 0.15) is 5.38 Å². The van der Waals surface area contributed by atoms with E-state index in [1.165, 1.54) is 7.05 Å². The van der Waals surface area contributed by atoms with Crippen molar-refractivity contribution >= 4 is 45.0 Å².